The average molecular weight is 207 g/mol. The first-order chi connectivity index (χ1) is 7.10. The lowest BCUT2D eigenvalue weighted by Gasteiger charge is -2.31. The summed E-state index contributed by atoms with van der Waals surface area (Å²) in [5.74, 6) is -0.260. The molecule has 0 aliphatic carbocycles. The van der Waals surface area contributed by atoms with Crippen LogP contribution in [0.5, 0.6) is 0 Å². The van der Waals surface area contributed by atoms with Crippen molar-refractivity contribution >= 4 is 0 Å². The van der Waals surface area contributed by atoms with Gasteiger partial charge in [-0.3, -0.25) is 0 Å². The van der Waals surface area contributed by atoms with Crippen molar-refractivity contribution in [1.29, 1.82) is 0 Å². The van der Waals surface area contributed by atoms with E-state index in [1.54, 1.807) is 6.07 Å². The third-order valence-corrected chi connectivity index (χ3v) is 3.18. The van der Waals surface area contributed by atoms with Gasteiger partial charge in [0.25, 0.3) is 0 Å². The average Bonchev–Trinajstić information content (AvgIpc) is 2.71. The van der Waals surface area contributed by atoms with Crippen LogP contribution in [0.25, 0.3) is 0 Å². The highest BCUT2D eigenvalue weighted by molar-refractivity contribution is 5.26. The summed E-state index contributed by atoms with van der Waals surface area (Å²) in [7, 11) is 0. The molecule has 2 unspecified atom stereocenters. The van der Waals surface area contributed by atoms with Gasteiger partial charge in [0.05, 0.1) is 5.54 Å². The van der Waals surface area contributed by atoms with Gasteiger partial charge >= 0.3 is 0 Å². The van der Waals surface area contributed by atoms with Gasteiger partial charge in [0, 0.05) is 6.04 Å². The smallest absolute Gasteiger partial charge is 0.123 e. The van der Waals surface area contributed by atoms with Crippen LogP contribution in [-0.2, 0) is 5.54 Å². The summed E-state index contributed by atoms with van der Waals surface area (Å²) in [5.41, 5.74) is 8.35. The summed E-state index contributed by atoms with van der Waals surface area (Å²) in [4.78, 5) is 0. The molecule has 15 heavy (non-hydrogen) atoms. The maximum absolute atomic E-state index is 13.1. The molecule has 1 fully saturated rings. The van der Waals surface area contributed by atoms with Gasteiger partial charge in [-0.1, -0.05) is 12.1 Å². The Bertz CT molecular complexity index is 343. The predicted molar refractivity (Wildman–Crippen MR) is 57.9 cm³/mol. The normalized spacial score (nSPS) is 25.1. The van der Waals surface area contributed by atoms with Crippen LogP contribution >= 0.6 is 0 Å². The number of hydrogen-bond acceptors (Lipinski definition) is 1. The number of hydrogen-bond donors (Lipinski definition) is 1. The molecule has 1 radical (unpaired) electrons. The Balaban J connectivity index is 2.27. The third kappa shape index (κ3) is 2.03. The molecular formula is C12H16FN2. The van der Waals surface area contributed by atoms with Crippen LogP contribution < -0.4 is 11.1 Å². The molecule has 1 aromatic rings. The van der Waals surface area contributed by atoms with Crippen molar-refractivity contribution in [2.24, 2.45) is 0 Å². The predicted octanol–water partition coefficient (Wildman–Crippen LogP) is 2.08. The summed E-state index contributed by atoms with van der Waals surface area (Å²) < 4.78 is 13.1. The van der Waals surface area contributed by atoms with Crippen LogP contribution in [0.15, 0.2) is 24.3 Å². The van der Waals surface area contributed by atoms with E-state index in [1.165, 1.54) is 12.1 Å². The van der Waals surface area contributed by atoms with Gasteiger partial charge in [-0.15, -0.1) is 0 Å². The Morgan fingerprint density at radius 1 is 1.53 bits per heavy atom. The van der Waals surface area contributed by atoms with Crippen molar-refractivity contribution < 1.29 is 4.39 Å². The number of benzene rings is 1. The van der Waals surface area contributed by atoms with Gasteiger partial charge in [-0.05, 0) is 44.0 Å². The SMILES string of the molecule is CC([NH])(c1cccc(F)c1)C1CCCN1. The molecule has 0 amide bonds. The Labute approximate surface area is 89.7 Å². The van der Waals surface area contributed by atoms with Crippen LogP contribution in [0.2, 0.25) is 0 Å². The Morgan fingerprint density at radius 3 is 2.93 bits per heavy atom. The lowest BCUT2D eigenvalue weighted by molar-refractivity contribution is 0.343. The lowest BCUT2D eigenvalue weighted by atomic mass is 9.85. The van der Waals surface area contributed by atoms with E-state index < -0.39 is 5.54 Å². The monoisotopic (exact) mass is 207 g/mol. The molecule has 2 rings (SSSR count). The second kappa shape index (κ2) is 3.91. The van der Waals surface area contributed by atoms with E-state index in [-0.39, 0.29) is 11.9 Å². The molecule has 81 valence electrons. The van der Waals surface area contributed by atoms with Gasteiger partial charge < -0.3 is 5.32 Å². The van der Waals surface area contributed by atoms with Crippen LogP contribution in [-0.4, -0.2) is 12.6 Å². The van der Waals surface area contributed by atoms with E-state index in [9.17, 15) is 4.39 Å². The maximum Gasteiger partial charge on any atom is 0.123 e. The Kier molecular flexibility index (Phi) is 2.76. The fourth-order valence-electron chi connectivity index (χ4n) is 2.19. The van der Waals surface area contributed by atoms with Crippen molar-refractivity contribution in [3.8, 4) is 0 Å². The number of halogens is 1. The summed E-state index contributed by atoms with van der Waals surface area (Å²) in [5, 5.41) is 3.30. The number of nitrogens with one attached hydrogen (secondary N) is 2. The highest BCUT2D eigenvalue weighted by atomic mass is 19.1. The minimum Gasteiger partial charge on any atom is -0.312 e. The molecule has 0 aromatic heterocycles. The number of rotatable bonds is 2. The molecule has 1 aliphatic heterocycles. The van der Waals surface area contributed by atoms with Crippen LogP contribution in [0, 0.1) is 5.82 Å². The topological polar surface area (TPSA) is 35.8 Å². The molecule has 1 heterocycles. The second-order valence-corrected chi connectivity index (χ2v) is 4.36. The first kappa shape index (κ1) is 10.6. The minimum atomic E-state index is -0.737. The summed E-state index contributed by atoms with van der Waals surface area (Å²) in [6.07, 6.45) is 2.10. The molecule has 0 saturated carbocycles. The zero-order valence-corrected chi connectivity index (χ0v) is 8.89. The molecule has 1 aliphatic rings. The standard InChI is InChI=1S/C12H16FN2/c1-12(14,11-6-3-7-15-11)9-4-2-5-10(13)8-9/h2,4-5,8,11,14-15H,3,6-7H2,1H3. The molecule has 0 spiro atoms. The van der Waals surface area contributed by atoms with Gasteiger partial charge in [0.2, 0.25) is 0 Å². The van der Waals surface area contributed by atoms with Gasteiger partial charge in [0.1, 0.15) is 5.82 Å². The summed E-state index contributed by atoms with van der Waals surface area (Å²) in [6.45, 7) is 2.82. The zero-order valence-electron chi connectivity index (χ0n) is 8.89. The molecule has 2 atom stereocenters. The Hall–Kier alpha value is -0.930. The van der Waals surface area contributed by atoms with Crippen molar-refractivity contribution in [2.45, 2.75) is 31.3 Å². The molecule has 2 nitrogen and oxygen atoms in total. The molecule has 1 aromatic carbocycles. The highest BCUT2D eigenvalue weighted by Crippen LogP contribution is 2.28. The first-order valence-corrected chi connectivity index (χ1v) is 5.35. The molecule has 0 bridgehead atoms. The molecule has 2 N–H and O–H groups in total. The van der Waals surface area contributed by atoms with Crippen LogP contribution in [0.4, 0.5) is 4.39 Å². The van der Waals surface area contributed by atoms with Gasteiger partial charge in [-0.25, -0.2) is 10.1 Å². The van der Waals surface area contributed by atoms with E-state index in [2.05, 4.69) is 5.32 Å². The fourth-order valence-corrected chi connectivity index (χ4v) is 2.19. The van der Waals surface area contributed by atoms with Crippen molar-refractivity contribution in [3.05, 3.63) is 35.6 Å². The fraction of sp³-hybridized carbons (Fsp3) is 0.500. The van der Waals surface area contributed by atoms with Gasteiger partial charge in [-0.2, -0.15) is 0 Å². The largest absolute Gasteiger partial charge is 0.312 e. The van der Waals surface area contributed by atoms with E-state index >= 15 is 0 Å². The Morgan fingerprint density at radius 2 is 2.33 bits per heavy atom. The molecule has 1 saturated heterocycles. The first-order valence-electron chi connectivity index (χ1n) is 5.35. The molecular weight excluding hydrogens is 191 g/mol. The third-order valence-electron chi connectivity index (χ3n) is 3.18. The minimum absolute atomic E-state index is 0.138. The quantitative estimate of drug-likeness (QED) is 0.791. The van der Waals surface area contributed by atoms with Crippen molar-refractivity contribution in [2.75, 3.05) is 6.54 Å². The summed E-state index contributed by atoms with van der Waals surface area (Å²) in [6, 6.07) is 6.52. The lowest BCUT2D eigenvalue weighted by Crippen LogP contribution is -2.44. The van der Waals surface area contributed by atoms with E-state index in [0.29, 0.717) is 0 Å². The molecule has 3 heteroatoms. The van der Waals surface area contributed by atoms with Gasteiger partial charge in [0.15, 0.2) is 0 Å². The maximum atomic E-state index is 13.1. The van der Waals surface area contributed by atoms with E-state index in [1.807, 2.05) is 13.0 Å². The van der Waals surface area contributed by atoms with E-state index in [0.717, 1.165) is 24.9 Å². The van der Waals surface area contributed by atoms with E-state index in [4.69, 9.17) is 5.73 Å². The zero-order chi connectivity index (χ0) is 10.9. The summed E-state index contributed by atoms with van der Waals surface area (Å²) >= 11 is 0. The van der Waals surface area contributed by atoms with Crippen molar-refractivity contribution in [3.63, 3.8) is 0 Å². The highest BCUT2D eigenvalue weighted by Gasteiger charge is 2.34. The van der Waals surface area contributed by atoms with Crippen LogP contribution in [0.1, 0.15) is 25.3 Å². The second-order valence-electron chi connectivity index (χ2n) is 4.36. The van der Waals surface area contributed by atoms with Crippen LogP contribution in [0.3, 0.4) is 0 Å². The van der Waals surface area contributed by atoms with Crippen molar-refractivity contribution in [1.82, 2.24) is 11.1 Å².